The Morgan fingerprint density at radius 3 is 2.41 bits per heavy atom. The lowest BCUT2D eigenvalue weighted by Crippen LogP contribution is -2.08. The first-order valence-corrected chi connectivity index (χ1v) is 5.58. The van der Waals surface area contributed by atoms with Gasteiger partial charge in [-0.3, -0.25) is 9.36 Å². The van der Waals surface area contributed by atoms with Crippen LogP contribution in [0, 0.1) is 0 Å². The molecular formula is C14H15NO2. The molecule has 17 heavy (non-hydrogen) atoms. The molecule has 1 aromatic heterocycles. The van der Waals surface area contributed by atoms with Crippen molar-refractivity contribution in [1.82, 2.24) is 4.57 Å². The predicted molar refractivity (Wildman–Crippen MR) is 66.4 cm³/mol. The maximum Gasteiger partial charge on any atom is 0.230 e. The van der Waals surface area contributed by atoms with Crippen LogP contribution in [0.1, 0.15) is 16.8 Å². The van der Waals surface area contributed by atoms with Gasteiger partial charge in [0.05, 0.1) is 7.11 Å². The number of aromatic nitrogens is 1. The van der Waals surface area contributed by atoms with E-state index in [-0.39, 0.29) is 5.91 Å². The summed E-state index contributed by atoms with van der Waals surface area (Å²) < 4.78 is 6.70. The van der Waals surface area contributed by atoms with Crippen molar-refractivity contribution >= 4 is 5.91 Å². The zero-order chi connectivity index (χ0) is 12.1. The van der Waals surface area contributed by atoms with Crippen LogP contribution in [0.25, 0.3) is 0 Å². The number of hydrogen-bond acceptors (Lipinski definition) is 2. The number of methoxy groups -OCH3 is 1. The van der Waals surface area contributed by atoms with Crippen molar-refractivity contribution in [3.63, 3.8) is 0 Å². The molecule has 0 fully saturated rings. The summed E-state index contributed by atoms with van der Waals surface area (Å²) in [6.07, 6.45) is 4.81. The molecule has 3 nitrogen and oxygen atoms in total. The number of ether oxygens (including phenoxy) is 1. The molecule has 0 saturated heterocycles. The molecule has 0 unspecified atom stereocenters. The van der Waals surface area contributed by atoms with Gasteiger partial charge >= 0.3 is 0 Å². The van der Waals surface area contributed by atoms with Crippen molar-refractivity contribution in [2.75, 3.05) is 7.11 Å². The third kappa shape index (κ3) is 2.97. The maximum absolute atomic E-state index is 11.7. The highest BCUT2D eigenvalue weighted by Gasteiger charge is 2.03. The third-order valence-corrected chi connectivity index (χ3v) is 2.68. The summed E-state index contributed by atoms with van der Waals surface area (Å²) in [5, 5.41) is 0. The molecule has 1 aromatic carbocycles. The zero-order valence-electron chi connectivity index (χ0n) is 9.80. The quantitative estimate of drug-likeness (QED) is 0.807. The van der Waals surface area contributed by atoms with Crippen molar-refractivity contribution in [2.24, 2.45) is 0 Å². The van der Waals surface area contributed by atoms with Crippen molar-refractivity contribution in [1.29, 1.82) is 0 Å². The van der Waals surface area contributed by atoms with E-state index in [1.54, 1.807) is 24.1 Å². The molecular weight excluding hydrogens is 214 g/mol. The smallest absolute Gasteiger partial charge is 0.230 e. The Balaban J connectivity index is 1.91. The van der Waals surface area contributed by atoms with Gasteiger partial charge in [-0.15, -0.1) is 0 Å². The second-order valence-corrected chi connectivity index (χ2v) is 3.83. The first kappa shape index (κ1) is 11.5. The summed E-state index contributed by atoms with van der Waals surface area (Å²) >= 11 is 0. The normalized spacial score (nSPS) is 10.2. The molecule has 0 radical (unpaired) electrons. The Hall–Kier alpha value is -2.03. The second kappa shape index (κ2) is 5.34. The lowest BCUT2D eigenvalue weighted by atomic mass is 10.1. The lowest BCUT2D eigenvalue weighted by molar-refractivity contribution is 0.0903. The van der Waals surface area contributed by atoms with Crippen LogP contribution in [0.5, 0.6) is 5.75 Å². The molecule has 88 valence electrons. The lowest BCUT2D eigenvalue weighted by Gasteiger charge is -2.04. The number of carbonyl (C=O) groups is 1. The summed E-state index contributed by atoms with van der Waals surface area (Å²) in [7, 11) is 1.64. The Morgan fingerprint density at radius 2 is 1.82 bits per heavy atom. The van der Waals surface area contributed by atoms with E-state index >= 15 is 0 Å². The highest BCUT2D eigenvalue weighted by atomic mass is 16.5. The summed E-state index contributed by atoms with van der Waals surface area (Å²) in [5.41, 5.74) is 1.14. The van der Waals surface area contributed by atoms with Crippen LogP contribution in [-0.2, 0) is 6.42 Å². The largest absolute Gasteiger partial charge is 0.497 e. The van der Waals surface area contributed by atoms with Crippen molar-refractivity contribution in [2.45, 2.75) is 12.8 Å². The van der Waals surface area contributed by atoms with Crippen molar-refractivity contribution in [3.05, 3.63) is 54.4 Å². The van der Waals surface area contributed by atoms with Crippen molar-refractivity contribution < 1.29 is 9.53 Å². The van der Waals surface area contributed by atoms with E-state index in [4.69, 9.17) is 4.74 Å². The Bertz CT molecular complexity index is 471. The molecule has 0 aliphatic heterocycles. The van der Waals surface area contributed by atoms with E-state index in [0.29, 0.717) is 6.42 Å². The van der Waals surface area contributed by atoms with Gasteiger partial charge in [-0.1, -0.05) is 12.1 Å². The van der Waals surface area contributed by atoms with Crippen LogP contribution in [0.3, 0.4) is 0 Å². The zero-order valence-corrected chi connectivity index (χ0v) is 9.80. The van der Waals surface area contributed by atoms with E-state index in [9.17, 15) is 4.79 Å². The van der Waals surface area contributed by atoms with Crippen LogP contribution >= 0.6 is 0 Å². The van der Waals surface area contributed by atoms with E-state index < -0.39 is 0 Å². The molecule has 2 aromatic rings. The number of aryl methyl sites for hydroxylation is 1. The minimum absolute atomic E-state index is 0.116. The Labute approximate surface area is 101 Å². The Kier molecular flexibility index (Phi) is 3.60. The number of nitrogens with zero attached hydrogens (tertiary/aromatic N) is 1. The average molecular weight is 229 g/mol. The average Bonchev–Trinajstić information content (AvgIpc) is 2.90. The number of rotatable bonds is 4. The van der Waals surface area contributed by atoms with Gasteiger partial charge in [0.15, 0.2) is 0 Å². The van der Waals surface area contributed by atoms with Gasteiger partial charge in [0, 0.05) is 18.8 Å². The van der Waals surface area contributed by atoms with E-state index in [0.717, 1.165) is 17.7 Å². The maximum atomic E-state index is 11.7. The molecule has 0 amide bonds. The number of hydrogen-bond donors (Lipinski definition) is 0. The molecule has 0 aliphatic carbocycles. The molecule has 0 N–H and O–H groups in total. The van der Waals surface area contributed by atoms with Gasteiger partial charge in [-0.25, -0.2) is 0 Å². The summed E-state index contributed by atoms with van der Waals surface area (Å²) in [6.45, 7) is 0. The molecule has 2 rings (SSSR count). The van der Waals surface area contributed by atoms with Crippen LogP contribution < -0.4 is 4.74 Å². The van der Waals surface area contributed by atoms with Crippen LogP contribution in [0.4, 0.5) is 0 Å². The summed E-state index contributed by atoms with van der Waals surface area (Å²) in [5.74, 6) is 0.955. The fraction of sp³-hybridized carbons (Fsp3) is 0.214. The second-order valence-electron chi connectivity index (χ2n) is 3.83. The van der Waals surface area contributed by atoms with E-state index in [1.807, 2.05) is 36.4 Å². The first-order valence-electron chi connectivity index (χ1n) is 5.58. The van der Waals surface area contributed by atoms with Crippen molar-refractivity contribution in [3.8, 4) is 5.75 Å². The first-order chi connectivity index (χ1) is 8.29. The monoisotopic (exact) mass is 229 g/mol. The summed E-state index contributed by atoms with van der Waals surface area (Å²) in [6, 6.07) is 11.5. The molecule has 0 bridgehead atoms. The fourth-order valence-electron chi connectivity index (χ4n) is 1.67. The van der Waals surface area contributed by atoms with Gasteiger partial charge in [0.1, 0.15) is 5.75 Å². The van der Waals surface area contributed by atoms with Crippen LogP contribution in [0.2, 0.25) is 0 Å². The van der Waals surface area contributed by atoms with Gasteiger partial charge in [-0.05, 0) is 36.2 Å². The minimum Gasteiger partial charge on any atom is -0.497 e. The number of benzene rings is 1. The molecule has 0 spiro atoms. The molecule has 3 heteroatoms. The van der Waals surface area contributed by atoms with E-state index in [2.05, 4.69) is 0 Å². The standard InChI is InChI=1S/C14H15NO2/c1-17-13-7-4-12(5-8-13)6-9-14(16)15-10-2-3-11-15/h2-5,7-8,10-11H,6,9H2,1H3. The molecule has 0 atom stereocenters. The predicted octanol–water partition coefficient (Wildman–Crippen LogP) is 2.77. The summed E-state index contributed by atoms with van der Waals surface area (Å²) in [4.78, 5) is 11.7. The van der Waals surface area contributed by atoms with Gasteiger partial charge in [0.25, 0.3) is 0 Å². The van der Waals surface area contributed by atoms with Gasteiger partial charge < -0.3 is 4.74 Å². The minimum atomic E-state index is 0.116. The van der Waals surface area contributed by atoms with Crippen LogP contribution in [-0.4, -0.2) is 17.6 Å². The fourth-order valence-corrected chi connectivity index (χ4v) is 1.67. The third-order valence-electron chi connectivity index (χ3n) is 2.68. The Morgan fingerprint density at radius 1 is 1.18 bits per heavy atom. The highest BCUT2D eigenvalue weighted by Crippen LogP contribution is 2.12. The van der Waals surface area contributed by atoms with Crippen LogP contribution in [0.15, 0.2) is 48.8 Å². The van der Waals surface area contributed by atoms with Gasteiger partial charge in [-0.2, -0.15) is 0 Å². The molecule has 0 aliphatic rings. The van der Waals surface area contributed by atoms with E-state index in [1.165, 1.54) is 0 Å². The molecule has 1 heterocycles. The number of carbonyl (C=O) groups excluding carboxylic acids is 1. The highest BCUT2D eigenvalue weighted by molar-refractivity contribution is 5.79. The molecule has 0 saturated carbocycles. The topological polar surface area (TPSA) is 31.2 Å². The van der Waals surface area contributed by atoms with Gasteiger partial charge in [0.2, 0.25) is 5.91 Å². The SMILES string of the molecule is COc1ccc(CCC(=O)n2cccc2)cc1.